The molecule has 0 aliphatic heterocycles. The topological polar surface area (TPSA) is 35.2 Å². The van der Waals surface area contributed by atoms with E-state index in [0.29, 0.717) is 5.05 Å². The van der Waals surface area contributed by atoms with Crippen LogP contribution in [0.1, 0.15) is 16.7 Å². The fourth-order valence-electron chi connectivity index (χ4n) is 1.90. The number of hydrogen-bond donors (Lipinski definition) is 1. The van der Waals surface area contributed by atoms with Gasteiger partial charge < -0.3 is 10.5 Å². The number of rotatable bonds is 3. The highest BCUT2D eigenvalue weighted by molar-refractivity contribution is 7.80. The van der Waals surface area contributed by atoms with Crippen LogP contribution in [-0.4, -0.2) is 12.2 Å². The van der Waals surface area contributed by atoms with Crippen LogP contribution >= 0.6 is 12.2 Å². The number of nitrogen functional groups attached to an aromatic ring is 1. The molecule has 2 N–H and O–H groups in total. The molecule has 0 fully saturated rings. The first-order valence-corrected chi connectivity index (χ1v) is 6.13. The second-order valence-corrected chi connectivity index (χ2v) is 4.40. The van der Waals surface area contributed by atoms with Crippen molar-refractivity contribution >= 4 is 23.0 Å². The Morgan fingerprint density at radius 1 is 1.11 bits per heavy atom. The molecule has 0 radical (unpaired) electrons. The van der Waals surface area contributed by atoms with Crippen molar-refractivity contribution in [3.8, 4) is 0 Å². The fourth-order valence-corrected chi connectivity index (χ4v) is 2.09. The molecule has 92 valence electrons. The predicted octanol–water partition coefficient (Wildman–Crippen LogP) is 3.18. The third kappa shape index (κ3) is 2.68. The van der Waals surface area contributed by atoms with E-state index in [1.165, 1.54) is 5.56 Å². The first-order valence-electron chi connectivity index (χ1n) is 5.72. The van der Waals surface area contributed by atoms with Gasteiger partial charge >= 0.3 is 0 Å². The lowest BCUT2D eigenvalue weighted by Crippen LogP contribution is -2.07. The van der Waals surface area contributed by atoms with Gasteiger partial charge in [-0.05, 0) is 35.5 Å². The highest BCUT2D eigenvalue weighted by atomic mass is 32.1. The molecule has 0 aromatic heterocycles. The van der Waals surface area contributed by atoms with Crippen molar-refractivity contribution in [1.29, 1.82) is 0 Å². The molecule has 0 bridgehead atoms. The summed E-state index contributed by atoms with van der Waals surface area (Å²) in [6, 6.07) is 15.9. The van der Waals surface area contributed by atoms with E-state index in [9.17, 15) is 0 Å². The summed E-state index contributed by atoms with van der Waals surface area (Å²) in [6.45, 7) is 0. The zero-order valence-electron chi connectivity index (χ0n) is 10.2. The number of methoxy groups -OCH3 is 1. The largest absolute Gasteiger partial charge is 0.486 e. The minimum absolute atomic E-state index is 0.480. The van der Waals surface area contributed by atoms with E-state index in [-0.39, 0.29) is 0 Å². The molecule has 2 rings (SSSR count). The summed E-state index contributed by atoms with van der Waals surface area (Å²) in [6.07, 6.45) is 0.756. The van der Waals surface area contributed by atoms with E-state index in [1.54, 1.807) is 7.11 Å². The maximum Gasteiger partial charge on any atom is 0.191 e. The Hall–Kier alpha value is -1.87. The quantitative estimate of drug-likeness (QED) is 0.677. The van der Waals surface area contributed by atoms with E-state index in [1.807, 2.05) is 36.4 Å². The number of benzene rings is 2. The van der Waals surface area contributed by atoms with Gasteiger partial charge in [0, 0.05) is 17.7 Å². The summed E-state index contributed by atoms with van der Waals surface area (Å²) >= 11 is 5.21. The molecule has 0 spiro atoms. The van der Waals surface area contributed by atoms with Gasteiger partial charge in [-0.1, -0.05) is 36.4 Å². The van der Waals surface area contributed by atoms with Crippen molar-refractivity contribution in [3.63, 3.8) is 0 Å². The lowest BCUT2D eigenvalue weighted by Gasteiger charge is -2.12. The van der Waals surface area contributed by atoms with Gasteiger partial charge in [-0.25, -0.2) is 0 Å². The molecule has 0 saturated carbocycles. The van der Waals surface area contributed by atoms with Gasteiger partial charge in [0.2, 0.25) is 0 Å². The smallest absolute Gasteiger partial charge is 0.191 e. The van der Waals surface area contributed by atoms with Crippen LogP contribution < -0.4 is 5.73 Å². The maximum atomic E-state index is 6.05. The first-order chi connectivity index (χ1) is 8.72. The van der Waals surface area contributed by atoms with Gasteiger partial charge in [-0.3, -0.25) is 0 Å². The summed E-state index contributed by atoms with van der Waals surface area (Å²) in [5, 5.41) is 0.480. The van der Waals surface area contributed by atoms with Gasteiger partial charge in [-0.2, -0.15) is 0 Å². The van der Waals surface area contributed by atoms with E-state index in [4.69, 9.17) is 22.7 Å². The minimum Gasteiger partial charge on any atom is -0.486 e. The zero-order valence-corrected chi connectivity index (χ0v) is 11.0. The number of ether oxygens (including phenoxy) is 1. The van der Waals surface area contributed by atoms with Crippen molar-refractivity contribution in [3.05, 3.63) is 65.2 Å². The van der Waals surface area contributed by atoms with Gasteiger partial charge in [-0.15, -0.1) is 0 Å². The molecular weight excluding hydrogens is 242 g/mol. The average Bonchev–Trinajstić information content (AvgIpc) is 2.41. The highest BCUT2D eigenvalue weighted by Gasteiger charge is 2.11. The van der Waals surface area contributed by atoms with Crippen molar-refractivity contribution in [2.75, 3.05) is 12.8 Å². The number of nitrogens with two attached hydrogens (primary N) is 1. The molecule has 0 aliphatic rings. The molecule has 0 unspecified atom stereocenters. The number of hydrogen-bond acceptors (Lipinski definition) is 3. The van der Waals surface area contributed by atoms with Crippen LogP contribution in [0.25, 0.3) is 0 Å². The summed E-state index contributed by atoms with van der Waals surface area (Å²) in [7, 11) is 1.58. The van der Waals surface area contributed by atoms with Crippen molar-refractivity contribution < 1.29 is 4.74 Å². The molecule has 2 aromatic carbocycles. The lowest BCUT2D eigenvalue weighted by atomic mass is 9.98. The van der Waals surface area contributed by atoms with Crippen LogP contribution in [0.15, 0.2) is 48.5 Å². The van der Waals surface area contributed by atoms with Crippen molar-refractivity contribution in [2.45, 2.75) is 6.42 Å². The van der Waals surface area contributed by atoms with E-state index in [2.05, 4.69) is 12.1 Å². The maximum absolute atomic E-state index is 6.05. The summed E-state index contributed by atoms with van der Waals surface area (Å²) < 4.78 is 5.15. The standard InChI is InChI=1S/C15H15NOS/c1-17-15(18)12-8-5-9-14(16)13(12)10-11-6-3-2-4-7-11/h2-9H,10,16H2,1H3. The summed E-state index contributed by atoms with van der Waals surface area (Å²) in [4.78, 5) is 0. The molecule has 0 heterocycles. The molecule has 0 saturated heterocycles. The molecule has 2 aromatic rings. The van der Waals surface area contributed by atoms with Crippen LogP contribution in [0.5, 0.6) is 0 Å². The van der Waals surface area contributed by atoms with E-state index in [0.717, 1.165) is 23.2 Å². The first kappa shape index (κ1) is 12.6. The van der Waals surface area contributed by atoms with Crippen molar-refractivity contribution in [1.82, 2.24) is 0 Å². The van der Waals surface area contributed by atoms with Gasteiger partial charge in [0.15, 0.2) is 5.05 Å². The Kier molecular flexibility index (Phi) is 3.95. The third-order valence-corrected chi connectivity index (χ3v) is 3.23. The van der Waals surface area contributed by atoms with Crippen LogP contribution in [0, 0.1) is 0 Å². The van der Waals surface area contributed by atoms with Crippen LogP contribution in [0.2, 0.25) is 0 Å². The van der Waals surface area contributed by atoms with E-state index < -0.39 is 0 Å². The van der Waals surface area contributed by atoms with Gasteiger partial charge in [0.1, 0.15) is 0 Å². The van der Waals surface area contributed by atoms with Crippen LogP contribution in [0.4, 0.5) is 5.69 Å². The Bertz CT molecular complexity index is 552. The Morgan fingerprint density at radius 2 is 1.83 bits per heavy atom. The second kappa shape index (κ2) is 5.65. The normalized spacial score (nSPS) is 10.1. The average molecular weight is 257 g/mol. The van der Waals surface area contributed by atoms with Gasteiger partial charge in [0.05, 0.1) is 7.11 Å². The van der Waals surface area contributed by atoms with Crippen LogP contribution in [-0.2, 0) is 11.2 Å². The summed E-state index contributed by atoms with van der Waals surface area (Å²) in [5.41, 5.74) is 9.92. The molecular formula is C15H15NOS. The Morgan fingerprint density at radius 3 is 2.50 bits per heavy atom. The lowest BCUT2D eigenvalue weighted by molar-refractivity contribution is 0.415. The number of anilines is 1. The Balaban J connectivity index is 2.40. The fraction of sp³-hybridized carbons (Fsp3) is 0.133. The Labute approximate surface area is 112 Å². The highest BCUT2D eigenvalue weighted by Crippen LogP contribution is 2.22. The molecule has 0 aliphatic carbocycles. The predicted molar refractivity (Wildman–Crippen MR) is 78.8 cm³/mol. The monoisotopic (exact) mass is 257 g/mol. The third-order valence-electron chi connectivity index (χ3n) is 2.84. The van der Waals surface area contributed by atoms with Crippen molar-refractivity contribution in [2.24, 2.45) is 0 Å². The van der Waals surface area contributed by atoms with Crippen LogP contribution in [0.3, 0.4) is 0 Å². The molecule has 2 nitrogen and oxygen atoms in total. The molecule has 0 amide bonds. The minimum atomic E-state index is 0.480. The molecule has 3 heteroatoms. The molecule has 18 heavy (non-hydrogen) atoms. The number of thiocarbonyl (C=S) groups is 1. The second-order valence-electron chi connectivity index (χ2n) is 4.03. The zero-order chi connectivity index (χ0) is 13.0. The molecule has 0 atom stereocenters. The van der Waals surface area contributed by atoms with Gasteiger partial charge in [0.25, 0.3) is 0 Å². The summed E-state index contributed by atoms with van der Waals surface area (Å²) in [5.74, 6) is 0. The SMILES string of the molecule is COC(=S)c1cccc(N)c1Cc1ccccc1. The van der Waals surface area contributed by atoms with E-state index >= 15 is 0 Å².